The summed E-state index contributed by atoms with van der Waals surface area (Å²) >= 11 is 0. The summed E-state index contributed by atoms with van der Waals surface area (Å²) in [5.74, 6) is 0.472. The molecule has 0 saturated carbocycles. The van der Waals surface area contributed by atoms with E-state index in [1.54, 1.807) is 31.2 Å². The van der Waals surface area contributed by atoms with Gasteiger partial charge in [-0.05, 0) is 95.5 Å². The summed E-state index contributed by atoms with van der Waals surface area (Å²) < 4.78 is 97.9. The van der Waals surface area contributed by atoms with Crippen LogP contribution in [-0.2, 0) is 15.5 Å². The first-order valence-electron chi connectivity index (χ1n) is 15.9. The molecule has 0 amide bonds. The lowest BCUT2D eigenvalue weighted by Crippen LogP contribution is -2.55. The van der Waals surface area contributed by atoms with Gasteiger partial charge in [-0.15, -0.1) is 0 Å². The minimum atomic E-state index is -5.93. The van der Waals surface area contributed by atoms with Crippen LogP contribution >= 0.6 is 0 Å². The standard InChI is InChI=1S/C36H50F6O4Si2/c1-12-25(16-14-20-34(43,35(37,38)39)36(40,41)42)26-15-13-17-27(22-26)44-23-24-18-19-28(30(32(2,3)4)45-47(8)9)29(21-24)31(33(5,6)7)46-48(10)11/h13-22,30-31,43H,12,23H2,1-11H3/b20-14+,25-16+. The van der Waals surface area contributed by atoms with Crippen molar-refractivity contribution in [3.8, 4) is 5.75 Å². The summed E-state index contributed by atoms with van der Waals surface area (Å²) in [7, 11) is -2.11. The third kappa shape index (κ3) is 11.1. The molecule has 2 aromatic rings. The molecule has 0 aliphatic carbocycles. The van der Waals surface area contributed by atoms with E-state index in [2.05, 4.69) is 79.9 Å². The van der Waals surface area contributed by atoms with Gasteiger partial charge in [0.15, 0.2) is 0 Å². The number of alkyl halides is 6. The van der Waals surface area contributed by atoms with Crippen molar-refractivity contribution in [2.24, 2.45) is 10.8 Å². The summed E-state index contributed by atoms with van der Waals surface area (Å²) in [5.41, 5.74) is -1.31. The van der Waals surface area contributed by atoms with Gasteiger partial charge in [0.1, 0.15) is 12.4 Å². The maximum Gasteiger partial charge on any atom is 0.430 e. The molecule has 2 atom stereocenters. The second-order valence-corrected chi connectivity index (χ2v) is 18.6. The van der Waals surface area contributed by atoms with E-state index in [-0.39, 0.29) is 35.7 Å². The zero-order chi connectivity index (χ0) is 36.9. The fourth-order valence-electron chi connectivity index (χ4n) is 5.09. The minimum Gasteiger partial charge on any atom is -0.489 e. The van der Waals surface area contributed by atoms with E-state index in [0.29, 0.717) is 29.4 Å². The molecule has 0 aliphatic heterocycles. The van der Waals surface area contributed by atoms with Gasteiger partial charge < -0.3 is 18.7 Å². The second kappa shape index (κ2) is 16.1. The molecule has 0 spiro atoms. The van der Waals surface area contributed by atoms with Gasteiger partial charge in [0, 0.05) is 0 Å². The predicted octanol–water partition coefficient (Wildman–Crippen LogP) is 11.2. The lowest BCUT2D eigenvalue weighted by Gasteiger charge is -2.39. The topological polar surface area (TPSA) is 47.9 Å². The Kier molecular flexibility index (Phi) is 14.0. The smallest absolute Gasteiger partial charge is 0.430 e. The van der Waals surface area contributed by atoms with E-state index in [9.17, 15) is 31.4 Å². The molecule has 0 aromatic heterocycles. The molecule has 2 rings (SSSR count). The van der Waals surface area contributed by atoms with Crippen LogP contribution in [0.4, 0.5) is 26.3 Å². The molecule has 0 saturated heterocycles. The molecule has 48 heavy (non-hydrogen) atoms. The Morgan fingerprint density at radius 1 is 0.771 bits per heavy atom. The maximum atomic E-state index is 13.1. The summed E-state index contributed by atoms with van der Waals surface area (Å²) in [5, 5.41) is 9.43. The normalized spacial score (nSPS) is 15.5. The number of hydrogen-bond acceptors (Lipinski definition) is 4. The predicted molar refractivity (Wildman–Crippen MR) is 183 cm³/mol. The highest BCUT2D eigenvalue weighted by Crippen LogP contribution is 2.46. The summed E-state index contributed by atoms with van der Waals surface area (Å²) in [6.45, 7) is 23.4. The Morgan fingerprint density at radius 2 is 1.29 bits per heavy atom. The van der Waals surface area contributed by atoms with Crippen molar-refractivity contribution < 1.29 is 45.0 Å². The second-order valence-electron chi connectivity index (χ2n) is 14.5. The number of halogens is 6. The van der Waals surface area contributed by atoms with Crippen LogP contribution in [0.3, 0.4) is 0 Å². The van der Waals surface area contributed by atoms with Crippen molar-refractivity contribution in [1.82, 2.24) is 0 Å². The van der Waals surface area contributed by atoms with Gasteiger partial charge in [-0.2, -0.15) is 26.3 Å². The van der Waals surface area contributed by atoms with Crippen LogP contribution in [-0.4, -0.2) is 41.1 Å². The molecule has 4 nitrogen and oxygen atoms in total. The van der Waals surface area contributed by atoms with Crippen molar-refractivity contribution in [3.05, 3.63) is 82.9 Å². The van der Waals surface area contributed by atoms with Gasteiger partial charge in [-0.25, -0.2) is 0 Å². The number of benzene rings is 2. The van der Waals surface area contributed by atoms with E-state index in [4.69, 9.17) is 13.6 Å². The van der Waals surface area contributed by atoms with Gasteiger partial charge in [-0.3, -0.25) is 0 Å². The SMILES string of the molecule is CC/C(=C\C=C\C(O)(C(F)(F)F)C(F)(F)F)c1cccc(OCc2ccc(C(O[Si](C)C)C(C)(C)C)c(C(O[Si](C)C)C(C)(C)C)c2)c1. The largest absolute Gasteiger partial charge is 0.489 e. The molecule has 268 valence electrons. The number of aliphatic hydroxyl groups is 1. The molecular weight excluding hydrogens is 667 g/mol. The van der Waals surface area contributed by atoms with Crippen LogP contribution in [0.2, 0.25) is 26.2 Å². The van der Waals surface area contributed by atoms with E-state index < -0.39 is 36.0 Å². The van der Waals surface area contributed by atoms with Crippen molar-refractivity contribution in [1.29, 1.82) is 0 Å². The first-order valence-corrected chi connectivity index (χ1v) is 20.7. The van der Waals surface area contributed by atoms with Crippen LogP contribution in [0.1, 0.15) is 89.3 Å². The number of allylic oxidation sites excluding steroid dienone is 3. The Hall–Kier alpha value is -2.39. The van der Waals surface area contributed by atoms with E-state index in [1.165, 1.54) is 0 Å². The lowest BCUT2D eigenvalue weighted by molar-refractivity contribution is -0.347. The van der Waals surface area contributed by atoms with Crippen molar-refractivity contribution in [2.45, 2.75) is 118 Å². The van der Waals surface area contributed by atoms with Gasteiger partial charge in [0.25, 0.3) is 5.60 Å². The zero-order valence-electron chi connectivity index (χ0n) is 29.8. The quantitative estimate of drug-likeness (QED) is 0.127. The van der Waals surface area contributed by atoms with Gasteiger partial charge in [0.2, 0.25) is 18.1 Å². The van der Waals surface area contributed by atoms with Crippen molar-refractivity contribution >= 4 is 23.7 Å². The Labute approximate surface area is 285 Å². The van der Waals surface area contributed by atoms with E-state index >= 15 is 0 Å². The van der Waals surface area contributed by atoms with Gasteiger partial charge in [0.05, 0.1) is 12.2 Å². The molecule has 2 unspecified atom stereocenters. The first-order chi connectivity index (χ1) is 21.8. The fourth-order valence-corrected chi connectivity index (χ4v) is 6.99. The molecule has 12 heteroatoms. The fraction of sp³-hybridized carbons (Fsp3) is 0.556. The summed E-state index contributed by atoms with van der Waals surface area (Å²) in [6, 6.07) is 13.0. The molecule has 0 fully saturated rings. The highest BCUT2D eigenvalue weighted by Gasteiger charge is 2.68. The third-order valence-electron chi connectivity index (χ3n) is 7.49. The molecular formula is C36H50F6O4Si2. The molecule has 2 aromatic carbocycles. The number of hydrogen-bond donors (Lipinski definition) is 1. The first kappa shape index (κ1) is 41.8. The van der Waals surface area contributed by atoms with Gasteiger partial charge >= 0.3 is 12.4 Å². The van der Waals surface area contributed by atoms with Crippen molar-refractivity contribution in [2.75, 3.05) is 0 Å². The van der Waals surface area contributed by atoms with Crippen molar-refractivity contribution in [3.63, 3.8) is 0 Å². The highest BCUT2D eigenvalue weighted by molar-refractivity contribution is 6.48. The minimum absolute atomic E-state index is 0.155. The van der Waals surface area contributed by atoms with Crippen LogP contribution in [0, 0.1) is 10.8 Å². The van der Waals surface area contributed by atoms with Gasteiger partial charge in [-0.1, -0.05) is 84.9 Å². The van der Waals surface area contributed by atoms with E-state index in [0.717, 1.165) is 22.8 Å². The number of ether oxygens (including phenoxy) is 1. The molecule has 2 radical (unpaired) electrons. The number of rotatable bonds is 13. The monoisotopic (exact) mass is 716 g/mol. The Balaban J connectivity index is 2.50. The average molecular weight is 717 g/mol. The summed E-state index contributed by atoms with van der Waals surface area (Å²) in [4.78, 5) is 0. The summed E-state index contributed by atoms with van der Waals surface area (Å²) in [6.07, 6.45) is -10.5. The molecule has 0 aliphatic rings. The average Bonchev–Trinajstić information content (AvgIpc) is 2.93. The van der Waals surface area contributed by atoms with Crippen LogP contribution in [0.15, 0.2) is 60.7 Å². The highest BCUT2D eigenvalue weighted by atomic mass is 28.3. The lowest BCUT2D eigenvalue weighted by atomic mass is 9.77. The maximum absolute atomic E-state index is 13.1. The van der Waals surface area contributed by atoms with Crippen LogP contribution in [0.25, 0.3) is 5.57 Å². The molecule has 0 heterocycles. The molecule has 1 N–H and O–H groups in total. The third-order valence-corrected chi connectivity index (χ3v) is 8.90. The Bertz CT molecular complexity index is 1390. The molecule has 0 bridgehead atoms. The van der Waals surface area contributed by atoms with Crippen LogP contribution < -0.4 is 4.74 Å². The van der Waals surface area contributed by atoms with Crippen LogP contribution in [0.5, 0.6) is 5.75 Å². The zero-order valence-corrected chi connectivity index (χ0v) is 31.8. The van der Waals surface area contributed by atoms with E-state index in [1.807, 2.05) is 6.07 Å². The Morgan fingerprint density at radius 3 is 1.75 bits per heavy atom.